The van der Waals surface area contributed by atoms with Crippen molar-refractivity contribution in [1.82, 2.24) is 5.32 Å². The molecule has 20 heavy (non-hydrogen) atoms. The van der Waals surface area contributed by atoms with Crippen molar-refractivity contribution in [2.24, 2.45) is 0 Å². The smallest absolute Gasteiger partial charge is 0.169 e. The molecule has 2 heterocycles. The van der Waals surface area contributed by atoms with Crippen LogP contribution in [0.2, 0.25) is 0 Å². The van der Waals surface area contributed by atoms with Gasteiger partial charge in [-0.05, 0) is 38.4 Å². The van der Waals surface area contributed by atoms with Crippen LogP contribution in [0.15, 0.2) is 28.7 Å². The summed E-state index contributed by atoms with van der Waals surface area (Å²) < 4.78 is 25.4. The van der Waals surface area contributed by atoms with Crippen LogP contribution in [0.4, 0.5) is 4.39 Å². The molecule has 0 bridgehead atoms. The molecule has 1 aliphatic rings. The van der Waals surface area contributed by atoms with Gasteiger partial charge in [0.05, 0.1) is 18.2 Å². The zero-order chi connectivity index (χ0) is 14.1. The van der Waals surface area contributed by atoms with Gasteiger partial charge in [-0.1, -0.05) is 19.1 Å². The molecule has 1 aromatic carbocycles. The Labute approximate surface area is 118 Å². The molecule has 4 heteroatoms. The molecule has 3 nitrogen and oxygen atoms in total. The second kappa shape index (κ2) is 5.54. The molecule has 0 amide bonds. The summed E-state index contributed by atoms with van der Waals surface area (Å²) in [6.07, 6.45) is 2.43. The molecule has 0 radical (unpaired) electrons. The van der Waals surface area contributed by atoms with Crippen molar-refractivity contribution in [2.75, 3.05) is 6.54 Å². The van der Waals surface area contributed by atoms with Crippen LogP contribution in [-0.4, -0.2) is 18.8 Å². The molecule has 1 N–H and O–H groups in total. The van der Waals surface area contributed by atoms with Crippen LogP contribution in [0.5, 0.6) is 0 Å². The van der Waals surface area contributed by atoms with E-state index in [1.54, 1.807) is 6.07 Å². The van der Waals surface area contributed by atoms with E-state index in [0.717, 1.165) is 30.5 Å². The number of furan rings is 1. The zero-order valence-corrected chi connectivity index (χ0v) is 11.9. The lowest BCUT2D eigenvalue weighted by Crippen LogP contribution is -2.31. The first-order valence-electron chi connectivity index (χ1n) is 7.26. The van der Waals surface area contributed by atoms with Crippen molar-refractivity contribution in [1.29, 1.82) is 0 Å². The SMILES string of the molecule is CCNC(c1cc2cccc(F)c2o1)C1CCC(C)O1. The fourth-order valence-electron chi connectivity index (χ4n) is 2.91. The second-order valence-corrected chi connectivity index (χ2v) is 5.40. The molecule has 1 aliphatic heterocycles. The van der Waals surface area contributed by atoms with Gasteiger partial charge in [0.25, 0.3) is 0 Å². The maximum absolute atomic E-state index is 13.7. The van der Waals surface area contributed by atoms with E-state index in [0.29, 0.717) is 5.58 Å². The first kappa shape index (κ1) is 13.6. The Bertz CT molecular complexity index is 595. The quantitative estimate of drug-likeness (QED) is 0.923. The van der Waals surface area contributed by atoms with E-state index in [2.05, 4.69) is 19.2 Å². The molecule has 0 spiro atoms. The summed E-state index contributed by atoms with van der Waals surface area (Å²) in [7, 11) is 0. The van der Waals surface area contributed by atoms with Crippen molar-refractivity contribution in [2.45, 2.75) is 44.9 Å². The fourth-order valence-corrected chi connectivity index (χ4v) is 2.91. The Hall–Kier alpha value is -1.39. The molecule has 3 atom stereocenters. The van der Waals surface area contributed by atoms with Gasteiger partial charge in [0, 0.05) is 5.39 Å². The normalized spacial score (nSPS) is 24.4. The zero-order valence-electron chi connectivity index (χ0n) is 11.9. The fraction of sp³-hybridized carbons (Fsp3) is 0.500. The highest BCUT2D eigenvalue weighted by atomic mass is 19.1. The maximum atomic E-state index is 13.7. The van der Waals surface area contributed by atoms with Gasteiger partial charge in [0.15, 0.2) is 11.4 Å². The van der Waals surface area contributed by atoms with Crippen molar-refractivity contribution in [3.8, 4) is 0 Å². The summed E-state index contributed by atoms with van der Waals surface area (Å²) in [5, 5.41) is 4.20. The average molecular weight is 277 g/mol. The lowest BCUT2D eigenvalue weighted by Gasteiger charge is -2.22. The van der Waals surface area contributed by atoms with Crippen LogP contribution in [0.1, 0.15) is 38.5 Å². The molecule has 3 rings (SSSR count). The van der Waals surface area contributed by atoms with Crippen LogP contribution < -0.4 is 5.32 Å². The third-order valence-electron chi connectivity index (χ3n) is 3.88. The average Bonchev–Trinajstić information content (AvgIpc) is 3.03. The standard InChI is InChI=1S/C16H20FNO2/c1-3-18-15(13-8-7-10(2)19-13)14-9-11-5-4-6-12(17)16(11)20-14/h4-6,9-10,13,15,18H,3,7-8H2,1-2H3. The monoisotopic (exact) mass is 277 g/mol. The highest BCUT2D eigenvalue weighted by Gasteiger charge is 2.32. The number of rotatable bonds is 4. The molecular formula is C16H20FNO2. The van der Waals surface area contributed by atoms with Gasteiger partial charge in [0.2, 0.25) is 0 Å². The highest BCUT2D eigenvalue weighted by molar-refractivity contribution is 5.78. The first-order valence-corrected chi connectivity index (χ1v) is 7.26. The topological polar surface area (TPSA) is 34.4 Å². The molecule has 2 aromatic rings. The van der Waals surface area contributed by atoms with E-state index < -0.39 is 0 Å². The molecule has 1 fully saturated rings. The van der Waals surface area contributed by atoms with E-state index >= 15 is 0 Å². The van der Waals surface area contributed by atoms with E-state index in [-0.39, 0.29) is 24.1 Å². The summed E-state index contributed by atoms with van der Waals surface area (Å²) in [4.78, 5) is 0. The van der Waals surface area contributed by atoms with Crippen molar-refractivity contribution in [3.63, 3.8) is 0 Å². The number of para-hydroxylation sites is 1. The number of likely N-dealkylation sites (N-methyl/N-ethyl adjacent to an activating group) is 1. The number of nitrogens with one attached hydrogen (secondary N) is 1. The minimum atomic E-state index is -0.315. The van der Waals surface area contributed by atoms with Gasteiger partial charge < -0.3 is 14.5 Å². The molecule has 1 aromatic heterocycles. The number of hydrogen-bond donors (Lipinski definition) is 1. The van der Waals surface area contributed by atoms with E-state index in [9.17, 15) is 4.39 Å². The Morgan fingerprint density at radius 3 is 2.90 bits per heavy atom. The van der Waals surface area contributed by atoms with E-state index in [1.165, 1.54) is 6.07 Å². The molecule has 3 unspecified atom stereocenters. The molecule has 108 valence electrons. The second-order valence-electron chi connectivity index (χ2n) is 5.40. The van der Waals surface area contributed by atoms with Crippen LogP contribution in [-0.2, 0) is 4.74 Å². The van der Waals surface area contributed by atoms with Crippen molar-refractivity contribution >= 4 is 11.0 Å². The van der Waals surface area contributed by atoms with Crippen molar-refractivity contribution < 1.29 is 13.5 Å². The maximum Gasteiger partial charge on any atom is 0.169 e. The molecular weight excluding hydrogens is 257 g/mol. The van der Waals surface area contributed by atoms with Crippen LogP contribution in [0, 0.1) is 5.82 Å². The number of fused-ring (bicyclic) bond motifs is 1. The Kier molecular flexibility index (Phi) is 3.76. The minimum Gasteiger partial charge on any atom is -0.456 e. The third-order valence-corrected chi connectivity index (χ3v) is 3.88. The Morgan fingerprint density at radius 2 is 2.25 bits per heavy atom. The van der Waals surface area contributed by atoms with Gasteiger partial charge in [-0.25, -0.2) is 4.39 Å². The number of ether oxygens (including phenoxy) is 1. The van der Waals surface area contributed by atoms with Crippen LogP contribution in [0.3, 0.4) is 0 Å². The molecule has 1 saturated heterocycles. The third kappa shape index (κ3) is 2.45. The Morgan fingerprint density at radius 1 is 1.40 bits per heavy atom. The summed E-state index contributed by atoms with van der Waals surface area (Å²) in [6.45, 7) is 4.95. The van der Waals surface area contributed by atoms with E-state index in [4.69, 9.17) is 9.15 Å². The van der Waals surface area contributed by atoms with Gasteiger partial charge in [-0.15, -0.1) is 0 Å². The van der Waals surface area contributed by atoms with Crippen LogP contribution in [0.25, 0.3) is 11.0 Å². The van der Waals surface area contributed by atoms with Crippen LogP contribution >= 0.6 is 0 Å². The van der Waals surface area contributed by atoms with Gasteiger partial charge in [-0.3, -0.25) is 0 Å². The molecule has 0 aliphatic carbocycles. The number of benzene rings is 1. The van der Waals surface area contributed by atoms with E-state index in [1.807, 2.05) is 12.1 Å². The summed E-state index contributed by atoms with van der Waals surface area (Å²) in [5.74, 6) is 0.441. The number of halogens is 1. The van der Waals surface area contributed by atoms with Crippen molar-refractivity contribution in [3.05, 3.63) is 35.8 Å². The largest absolute Gasteiger partial charge is 0.456 e. The lowest BCUT2D eigenvalue weighted by atomic mass is 10.0. The summed E-state index contributed by atoms with van der Waals surface area (Å²) >= 11 is 0. The predicted octanol–water partition coefficient (Wildman–Crippen LogP) is 3.79. The predicted molar refractivity (Wildman–Crippen MR) is 76.2 cm³/mol. The molecule has 0 saturated carbocycles. The number of hydrogen-bond acceptors (Lipinski definition) is 3. The summed E-state index contributed by atoms with van der Waals surface area (Å²) in [6, 6.07) is 6.89. The van der Waals surface area contributed by atoms with Gasteiger partial charge >= 0.3 is 0 Å². The minimum absolute atomic E-state index is 0.0169. The summed E-state index contributed by atoms with van der Waals surface area (Å²) in [5.41, 5.74) is 0.330. The Balaban J connectivity index is 1.94. The lowest BCUT2D eigenvalue weighted by molar-refractivity contribution is 0.0274. The van der Waals surface area contributed by atoms with Gasteiger partial charge in [0.1, 0.15) is 5.76 Å². The first-order chi connectivity index (χ1) is 9.69. The van der Waals surface area contributed by atoms with Gasteiger partial charge in [-0.2, -0.15) is 0 Å². The highest BCUT2D eigenvalue weighted by Crippen LogP contribution is 2.33.